The highest BCUT2D eigenvalue weighted by Crippen LogP contribution is 2.41. The number of rotatable bonds is 2. The Balaban J connectivity index is 1.91. The van der Waals surface area contributed by atoms with Gasteiger partial charge in [0.1, 0.15) is 10.4 Å². The zero-order chi connectivity index (χ0) is 14.1. The molecule has 0 fully saturated rings. The molecule has 6 heteroatoms. The molecule has 1 unspecified atom stereocenters. The molecular weight excluding hydrogens is 363 g/mol. The van der Waals surface area contributed by atoms with Gasteiger partial charge in [-0.05, 0) is 40.2 Å². The van der Waals surface area contributed by atoms with Crippen molar-refractivity contribution < 1.29 is 4.74 Å². The van der Waals surface area contributed by atoms with E-state index in [2.05, 4.69) is 26.2 Å². The molecule has 3 rings (SSSR count). The fourth-order valence-corrected chi connectivity index (χ4v) is 3.04. The Hall–Kier alpha value is -0.970. The van der Waals surface area contributed by atoms with Gasteiger partial charge in [-0.1, -0.05) is 23.2 Å². The van der Waals surface area contributed by atoms with Crippen LogP contribution in [0, 0.1) is 0 Å². The molecule has 1 aliphatic rings. The standard InChI is InChI=1S/C14H11BrCl2N2O/c15-13-2-1-9(7-18-13)19-12-3-4-20-14-10(12)5-8(16)6-11(14)17/h1-2,5-7,12,19H,3-4H2. The number of aromatic nitrogens is 1. The molecule has 1 aliphatic heterocycles. The molecule has 2 aromatic rings. The molecule has 0 saturated carbocycles. The Bertz CT molecular complexity index is 634. The first kappa shape index (κ1) is 14.0. The van der Waals surface area contributed by atoms with E-state index in [1.807, 2.05) is 18.2 Å². The van der Waals surface area contributed by atoms with E-state index in [-0.39, 0.29) is 6.04 Å². The number of hydrogen-bond donors (Lipinski definition) is 1. The van der Waals surface area contributed by atoms with Crippen LogP contribution in [0.1, 0.15) is 18.0 Å². The summed E-state index contributed by atoms with van der Waals surface area (Å²) < 4.78 is 6.45. The zero-order valence-corrected chi connectivity index (χ0v) is 13.5. The number of benzene rings is 1. The third-order valence-electron chi connectivity index (χ3n) is 3.13. The van der Waals surface area contributed by atoms with Crippen molar-refractivity contribution in [3.63, 3.8) is 0 Å². The number of fused-ring (bicyclic) bond motifs is 1. The molecule has 1 aromatic carbocycles. The lowest BCUT2D eigenvalue weighted by Gasteiger charge is -2.28. The van der Waals surface area contributed by atoms with Crippen molar-refractivity contribution in [2.24, 2.45) is 0 Å². The maximum absolute atomic E-state index is 6.18. The Morgan fingerprint density at radius 3 is 2.90 bits per heavy atom. The molecule has 3 nitrogen and oxygen atoms in total. The van der Waals surface area contributed by atoms with Gasteiger partial charge in [0.15, 0.2) is 0 Å². The Labute approximate surface area is 135 Å². The van der Waals surface area contributed by atoms with Crippen LogP contribution >= 0.6 is 39.1 Å². The highest BCUT2D eigenvalue weighted by molar-refractivity contribution is 9.10. The van der Waals surface area contributed by atoms with Crippen molar-refractivity contribution in [3.8, 4) is 5.75 Å². The molecule has 0 aliphatic carbocycles. The van der Waals surface area contributed by atoms with E-state index in [0.29, 0.717) is 22.4 Å². The molecule has 1 aromatic heterocycles. The second-order valence-corrected chi connectivity index (χ2v) is 6.17. The third kappa shape index (κ3) is 2.87. The molecule has 20 heavy (non-hydrogen) atoms. The summed E-state index contributed by atoms with van der Waals surface area (Å²) in [6.45, 7) is 0.621. The van der Waals surface area contributed by atoms with Gasteiger partial charge in [0.05, 0.1) is 29.6 Å². The van der Waals surface area contributed by atoms with Crippen molar-refractivity contribution >= 4 is 44.8 Å². The fourth-order valence-electron chi connectivity index (χ4n) is 2.24. The van der Waals surface area contributed by atoms with E-state index in [4.69, 9.17) is 27.9 Å². The van der Waals surface area contributed by atoms with Gasteiger partial charge in [-0.3, -0.25) is 0 Å². The van der Waals surface area contributed by atoms with Crippen LogP contribution in [0.3, 0.4) is 0 Å². The van der Waals surface area contributed by atoms with E-state index in [1.54, 1.807) is 12.3 Å². The first-order valence-electron chi connectivity index (χ1n) is 6.13. The maximum Gasteiger partial charge on any atom is 0.143 e. The summed E-state index contributed by atoms with van der Waals surface area (Å²) in [4.78, 5) is 4.21. The van der Waals surface area contributed by atoms with Crippen LogP contribution in [0.15, 0.2) is 35.1 Å². The highest BCUT2D eigenvalue weighted by Gasteiger charge is 2.24. The van der Waals surface area contributed by atoms with Crippen LogP contribution in [0.2, 0.25) is 10.0 Å². The molecule has 0 saturated heterocycles. The third-order valence-corrected chi connectivity index (χ3v) is 4.10. The number of halogens is 3. The first-order chi connectivity index (χ1) is 9.63. The first-order valence-corrected chi connectivity index (χ1v) is 7.68. The quantitative estimate of drug-likeness (QED) is 0.744. The lowest BCUT2D eigenvalue weighted by molar-refractivity contribution is 0.274. The van der Waals surface area contributed by atoms with E-state index >= 15 is 0 Å². The van der Waals surface area contributed by atoms with Crippen LogP contribution in [-0.4, -0.2) is 11.6 Å². The minimum absolute atomic E-state index is 0.109. The van der Waals surface area contributed by atoms with Crippen molar-refractivity contribution in [2.45, 2.75) is 12.5 Å². The van der Waals surface area contributed by atoms with Crippen molar-refractivity contribution in [1.29, 1.82) is 0 Å². The molecular formula is C14H11BrCl2N2O. The van der Waals surface area contributed by atoms with Crippen LogP contribution in [0.25, 0.3) is 0 Å². The van der Waals surface area contributed by atoms with Gasteiger partial charge in [-0.15, -0.1) is 0 Å². The van der Waals surface area contributed by atoms with Gasteiger partial charge in [-0.25, -0.2) is 4.98 Å². The van der Waals surface area contributed by atoms with E-state index in [0.717, 1.165) is 22.3 Å². The number of hydrogen-bond acceptors (Lipinski definition) is 3. The van der Waals surface area contributed by atoms with Crippen molar-refractivity contribution in [1.82, 2.24) is 4.98 Å². The molecule has 0 bridgehead atoms. The second kappa shape index (κ2) is 5.80. The number of nitrogens with one attached hydrogen (secondary N) is 1. The van der Waals surface area contributed by atoms with Crippen LogP contribution in [0.4, 0.5) is 5.69 Å². The smallest absolute Gasteiger partial charge is 0.143 e. The highest BCUT2D eigenvalue weighted by atomic mass is 79.9. The SMILES string of the molecule is Clc1cc(Cl)c2c(c1)C(Nc1ccc(Br)nc1)CCO2. The average Bonchev–Trinajstić information content (AvgIpc) is 2.42. The zero-order valence-electron chi connectivity index (χ0n) is 10.4. The number of pyridine rings is 1. The van der Waals surface area contributed by atoms with Gasteiger partial charge in [0, 0.05) is 17.0 Å². The van der Waals surface area contributed by atoms with Crippen LogP contribution < -0.4 is 10.1 Å². The molecule has 2 heterocycles. The van der Waals surface area contributed by atoms with Gasteiger partial charge in [0.25, 0.3) is 0 Å². The molecule has 0 spiro atoms. The van der Waals surface area contributed by atoms with Crippen molar-refractivity contribution in [3.05, 3.63) is 50.7 Å². The summed E-state index contributed by atoms with van der Waals surface area (Å²) in [5.74, 6) is 0.713. The minimum atomic E-state index is 0.109. The normalized spacial score (nSPS) is 17.2. The Morgan fingerprint density at radius 1 is 1.30 bits per heavy atom. The molecule has 1 N–H and O–H groups in total. The summed E-state index contributed by atoms with van der Waals surface area (Å²) in [5, 5.41) is 4.60. The molecule has 0 radical (unpaired) electrons. The fraction of sp³-hybridized carbons (Fsp3) is 0.214. The number of anilines is 1. The Kier molecular flexibility index (Phi) is 4.06. The molecule has 1 atom stereocenters. The summed E-state index contributed by atoms with van der Waals surface area (Å²) in [5.41, 5.74) is 1.93. The van der Waals surface area contributed by atoms with Gasteiger partial charge >= 0.3 is 0 Å². The van der Waals surface area contributed by atoms with Gasteiger partial charge in [-0.2, -0.15) is 0 Å². The van der Waals surface area contributed by atoms with Crippen molar-refractivity contribution in [2.75, 3.05) is 11.9 Å². The number of nitrogens with zero attached hydrogens (tertiary/aromatic N) is 1. The van der Waals surface area contributed by atoms with Crippen LogP contribution in [-0.2, 0) is 0 Å². The average molecular weight is 374 g/mol. The lowest BCUT2D eigenvalue weighted by atomic mass is 10.0. The summed E-state index contributed by atoms with van der Waals surface area (Å²) in [7, 11) is 0. The summed E-state index contributed by atoms with van der Waals surface area (Å²) >= 11 is 15.6. The molecule has 104 valence electrons. The van der Waals surface area contributed by atoms with Crippen LogP contribution in [0.5, 0.6) is 5.75 Å². The largest absolute Gasteiger partial charge is 0.492 e. The van der Waals surface area contributed by atoms with E-state index in [9.17, 15) is 0 Å². The predicted molar refractivity (Wildman–Crippen MR) is 84.9 cm³/mol. The van der Waals surface area contributed by atoms with Gasteiger partial charge < -0.3 is 10.1 Å². The topological polar surface area (TPSA) is 34.2 Å². The van der Waals surface area contributed by atoms with E-state index < -0.39 is 0 Å². The predicted octanol–water partition coefficient (Wildman–Crippen LogP) is 5.09. The van der Waals surface area contributed by atoms with E-state index in [1.165, 1.54) is 0 Å². The summed E-state index contributed by atoms with van der Waals surface area (Å²) in [6, 6.07) is 7.57. The maximum atomic E-state index is 6.18. The Morgan fingerprint density at radius 2 is 2.15 bits per heavy atom. The van der Waals surface area contributed by atoms with Gasteiger partial charge in [0.2, 0.25) is 0 Å². The monoisotopic (exact) mass is 372 g/mol. The lowest BCUT2D eigenvalue weighted by Crippen LogP contribution is -2.20. The number of ether oxygens (including phenoxy) is 1. The summed E-state index contributed by atoms with van der Waals surface area (Å²) in [6.07, 6.45) is 2.63. The second-order valence-electron chi connectivity index (χ2n) is 4.51. The molecule has 0 amide bonds. The minimum Gasteiger partial charge on any atom is -0.492 e.